The molecule has 2 rings (SSSR count). The zero-order valence-corrected chi connectivity index (χ0v) is 11.6. The van der Waals surface area contributed by atoms with E-state index in [-0.39, 0.29) is 12.0 Å². The van der Waals surface area contributed by atoms with Gasteiger partial charge in [-0.3, -0.25) is 4.79 Å². The van der Waals surface area contributed by atoms with E-state index in [4.69, 9.17) is 9.15 Å². The number of halogens is 1. The van der Waals surface area contributed by atoms with Crippen LogP contribution in [0.1, 0.15) is 21.9 Å². The Bertz CT molecular complexity index is 416. The van der Waals surface area contributed by atoms with Crippen LogP contribution in [0.2, 0.25) is 0 Å². The number of rotatable bonds is 2. The Balaban J connectivity index is 2.12. The van der Waals surface area contributed by atoms with E-state index in [1.54, 1.807) is 6.07 Å². The molecule has 94 valence electrons. The third kappa shape index (κ3) is 2.72. The molecule has 1 aliphatic heterocycles. The van der Waals surface area contributed by atoms with E-state index < -0.39 is 0 Å². The molecule has 2 heterocycles. The van der Waals surface area contributed by atoms with E-state index in [0.717, 1.165) is 11.1 Å². The molecule has 5 heteroatoms. The number of carbonyl (C=O) groups excluding carboxylic acids is 1. The zero-order chi connectivity index (χ0) is 12.4. The quantitative estimate of drug-likeness (QED) is 0.786. The van der Waals surface area contributed by atoms with Crippen molar-refractivity contribution in [3.05, 3.63) is 23.2 Å². The lowest BCUT2D eigenvalue weighted by molar-refractivity contribution is -0.00971. The van der Waals surface area contributed by atoms with Crippen LogP contribution in [-0.2, 0) is 4.74 Å². The van der Waals surface area contributed by atoms with Crippen LogP contribution >= 0.6 is 15.9 Å². The van der Waals surface area contributed by atoms with Crippen LogP contribution in [-0.4, -0.2) is 41.9 Å². The number of morpholine rings is 1. The van der Waals surface area contributed by atoms with Crippen LogP contribution in [0, 0.1) is 13.8 Å². The summed E-state index contributed by atoms with van der Waals surface area (Å²) in [6, 6.07) is 1.80. The Kier molecular flexibility index (Phi) is 3.89. The smallest absolute Gasteiger partial charge is 0.257 e. The van der Waals surface area contributed by atoms with Crippen molar-refractivity contribution in [3.8, 4) is 0 Å². The normalized spacial score (nSPS) is 20.6. The molecule has 4 nitrogen and oxygen atoms in total. The highest BCUT2D eigenvalue weighted by molar-refractivity contribution is 9.09. The second-order valence-electron chi connectivity index (χ2n) is 4.23. The molecule has 0 spiro atoms. The van der Waals surface area contributed by atoms with Crippen molar-refractivity contribution in [1.29, 1.82) is 0 Å². The van der Waals surface area contributed by atoms with Crippen LogP contribution in [0.4, 0.5) is 0 Å². The van der Waals surface area contributed by atoms with Crippen LogP contribution in [0.3, 0.4) is 0 Å². The van der Waals surface area contributed by atoms with Gasteiger partial charge in [0.25, 0.3) is 5.91 Å². The number of ether oxygens (including phenoxy) is 1. The van der Waals surface area contributed by atoms with Gasteiger partial charge in [0, 0.05) is 18.4 Å². The summed E-state index contributed by atoms with van der Waals surface area (Å²) in [6.07, 6.45) is 0.0843. The molecule has 0 bridgehead atoms. The summed E-state index contributed by atoms with van der Waals surface area (Å²) < 4.78 is 10.9. The molecular weight excluding hydrogens is 286 g/mol. The number of nitrogens with zero attached hydrogens (tertiary/aromatic N) is 1. The fourth-order valence-electron chi connectivity index (χ4n) is 2.01. The topological polar surface area (TPSA) is 42.7 Å². The molecule has 1 amide bonds. The predicted molar refractivity (Wildman–Crippen MR) is 67.6 cm³/mol. The zero-order valence-electron chi connectivity index (χ0n) is 10.0. The van der Waals surface area contributed by atoms with Gasteiger partial charge in [0.15, 0.2) is 0 Å². The number of aryl methyl sites for hydroxylation is 2. The first-order valence-corrected chi connectivity index (χ1v) is 6.78. The summed E-state index contributed by atoms with van der Waals surface area (Å²) in [5.41, 5.74) is 0.665. The fourth-order valence-corrected chi connectivity index (χ4v) is 2.40. The largest absolute Gasteiger partial charge is 0.466 e. The van der Waals surface area contributed by atoms with Crippen molar-refractivity contribution in [2.45, 2.75) is 20.0 Å². The highest BCUT2D eigenvalue weighted by atomic mass is 79.9. The van der Waals surface area contributed by atoms with Crippen LogP contribution in [0.5, 0.6) is 0 Å². The maximum absolute atomic E-state index is 12.3. The number of amides is 1. The molecule has 0 saturated carbocycles. The van der Waals surface area contributed by atoms with E-state index in [1.807, 2.05) is 18.7 Å². The van der Waals surface area contributed by atoms with E-state index in [1.165, 1.54) is 0 Å². The summed E-state index contributed by atoms with van der Waals surface area (Å²) in [6.45, 7) is 5.55. The van der Waals surface area contributed by atoms with E-state index in [0.29, 0.717) is 31.0 Å². The number of hydrogen-bond acceptors (Lipinski definition) is 3. The van der Waals surface area contributed by atoms with Crippen molar-refractivity contribution in [2.24, 2.45) is 0 Å². The molecule has 0 radical (unpaired) electrons. The van der Waals surface area contributed by atoms with Crippen LogP contribution in [0.25, 0.3) is 0 Å². The van der Waals surface area contributed by atoms with Gasteiger partial charge in [-0.2, -0.15) is 0 Å². The minimum Gasteiger partial charge on any atom is -0.466 e. The lowest BCUT2D eigenvalue weighted by Gasteiger charge is -2.32. The molecular formula is C12H16BrNO3. The van der Waals surface area contributed by atoms with Crippen molar-refractivity contribution in [2.75, 3.05) is 25.0 Å². The maximum Gasteiger partial charge on any atom is 0.257 e. The molecule has 1 aliphatic rings. The molecule has 0 aromatic carbocycles. The summed E-state index contributed by atoms with van der Waals surface area (Å²) in [4.78, 5) is 14.1. The second kappa shape index (κ2) is 5.23. The van der Waals surface area contributed by atoms with Crippen LogP contribution in [0.15, 0.2) is 10.5 Å². The first kappa shape index (κ1) is 12.6. The fraction of sp³-hybridized carbons (Fsp3) is 0.583. The van der Waals surface area contributed by atoms with Crippen molar-refractivity contribution >= 4 is 21.8 Å². The SMILES string of the molecule is Cc1cc(C(=O)N2CCOC(CBr)C2)c(C)o1. The predicted octanol–water partition coefficient (Wildman–Crippen LogP) is 2.13. The van der Waals surface area contributed by atoms with Gasteiger partial charge < -0.3 is 14.1 Å². The third-order valence-corrected chi connectivity index (χ3v) is 3.59. The molecule has 1 atom stereocenters. The highest BCUT2D eigenvalue weighted by Gasteiger charge is 2.26. The molecule has 17 heavy (non-hydrogen) atoms. The van der Waals surface area contributed by atoms with Crippen molar-refractivity contribution in [1.82, 2.24) is 4.90 Å². The van der Waals surface area contributed by atoms with E-state index in [9.17, 15) is 4.79 Å². The number of hydrogen-bond donors (Lipinski definition) is 0. The van der Waals surface area contributed by atoms with Gasteiger partial charge in [0.1, 0.15) is 11.5 Å². The van der Waals surface area contributed by atoms with Gasteiger partial charge in [-0.1, -0.05) is 15.9 Å². The second-order valence-corrected chi connectivity index (χ2v) is 4.87. The van der Waals surface area contributed by atoms with Gasteiger partial charge in [0.05, 0.1) is 18.3 Å². The van der Waals surface area contributed by atoms with E-state index >= 15 is 0 Å². The Morgan fingerprint density at radius 3 is 2.94 bits per heavy atom. The average Bonchev–Trinajstić information content (AvgIpc) is 2.67. The van der Waals surface area contributed by atoms with Gasteiger partial charge in [0.2, 0.25) is 0 Å². The Hall–Kier alpha value is -0.810. The molecule has 1 unspecified atom stereocenters. The first-order chi connectivity index (χ1) is 8.11. The van der Waals surface area contributed by atoms with Crippen molar-refractivity contribution in [3.63, 3.8) is 0 Å². The molecule has 1 saturated heterocycles. The van der Waals surface area contributed by atoms with Gasteiger partial charge in [-0.05, 0) is 19.9 Å². The summed E-state index contributed by atoms with van der Waals surface area (Å²) >= 11 is 3.38. The van der Waals surface area contributed by atoms with Crippen LogP contribution < -0.4 is 0 Å². The molecule has 1 aromatic heterocycles. The standard InChI is InChI=1S/C12H16BrNO3/c1-8-5-11(9(2)17-8)12(15)14-3-4-16-10(6-13)7-14/h5,10H,3-4,6-7H2,1-2H3. The lowest BCUT2D eigenvalue weighted by Crippen LogP contribution is -2.46. The van der Waals surface area contributed by atoms with E-state index in [2.05, 4.69) is 15.9 Å². The molecule has 0 aliphatic carbocycles. The number of alkyl halides is 1. The van der Waals surface area contributed by atoms with Crippen molar-refractivity contribution < 1.29 is 13.9 Å². The van der Waals surface area contributed by atoms with Gasteiger partial charge in [-0.25, -0.2) is 0 Å². The maximum atomic E-state index is 12.3. The third-order valence-electron chi connectivity index (χ3n) is 2.87. The highest BCUT2D eigenvalue weighted by Crippen LogP contribution is 2.18. The Labute approximate surface area is 109 Å². The minimum atomic E-state index is 0.0357. The Morgan fingerprint density at radius 1 is 1.59 bits per heavy atom. The van der Waals surface area contributed by atoms with Gasteiger partial charge in [-0.15, -0.1) is 0 Å². The summed E-state index contributed by atoms with van der Waals surface area (Å²) in [7, 11) is 0. The number of furan rings is 1. The van der Waals surface area contributed by atoms with Gasteiger partial charge >= 0.3 is 0 Å². The lowest BCUT2D eigenvalue weighted by atomic mass is 10.2. The number of carbonyl (C=O) groups is 1. The monoisotopic (exact) mass is 301 g/mol. The molecule has 0 N–H and O–H groups in total. The summed E-state index contributed by atoms with van der Waals surface area (Å²) in [5, 5.41) is 0.750. The Morgan fingerprint density at radius 2 is 2.35 bits per heavy atom. The summed E-state index contributed by atoms with van der Waals surface area (Å²) in [5.74, 6) is 1.50. The molecule has 1 fully saturated rings. The average molecular weight is 302 g/mol. The minimum absolute atomic E-state index is 0.0357. The first-order valence-electron chi connectivity index (χ1n) is 5.65. The molecule has 1 aromatic rings.